The van der Waals surface area contributed by atoms with Crippen LogP contribution in [0.15, 0.2) is 59.5 Å². The van der Waals surface area contributed by atoms with E-state index >= 15 is 0 Å². The van der Waals surface area contributed by atoms with Crippen molar-refractivity contribution in [1.29, 1.82) is 0 Å². The smallest absolute Gasteiger partial charge is 0.264 e. The first-order chi connectivity index (χ1) is 11.7. The molecule has 0 saturated carbocycles. The van der Waals surface area contributed by atoms with Crippen molar-refractivity contribution in [2.75, 3.05) is 11.4 Å². The third-order valence-corrected chi connectivity index (χ3v) is 6.03. The van der Waals surface area contributed by atoms with Crippen LogP contribution in [-0.2, 0) is 10.0 Å². The predicted molar refractivity (Wildman–Crippen MR) is 100 cm³/mol. The second-order valence-corrected chi connectivity index (χ2v) is 8.49. The van der Waals surface area contributed by atoms with Crippen molar-refractivity contribution in [3.8, 4) is 0 Å². The number of hydrogen-bond acceptors (Lipinski definition) is 3. The van der Waals surface area contributed by atoms with Gasteiger partial charge in [-0.05, 0) is 56.7 Å². The Balaban J connectivity index is 2.21. The standard InChI is InChI=1S/C19H24N2O3S/c1-5-19(2,3)20-18(22)15-11-13-16(14-12-15)21(4)25(23,24)17-9-7-6-8-10-17/h6-14H,5H2,1-4H3,(H,20,22). The predicted octanol–water partition coefficient (Wildman–Crippen LogP) is 3.43. The first-order valence-corrected chi connectivity index (χ1v) is 9.58. The van der Waals surface area contributed by atoms with Gasteiger partial charge in [-0.1, -0.05) is 25.1 Å². The minimum absolute atomic E-state index is 0.174. The van der Waals surface area contributed by atoms with Gasteiger partial charge in [0.2, 0.25) is 0 Å². The number of hydrogen-bond donors (Lipinski definition) is 1. The van der Waals surface area contributed by atoms with Gasteiger partial charge in [-0.25, -0.2) is 8.42 Å². The average Bonchev–Trinajstić information content (AvgIpc) is 2.61. The van der Waals surface area contributed by atoms with E-state index in [0.29, 0.717) is 11.3 Å². The van der Waals surface area contributed by atoms with Gasteiger partial charge in [0.05, 0.1) is 10.6 Å². The van der Waals surface area contributed by atoms with Crippen LogP contribution in [0.3, 0.4) is 0 Å². The summed E-state index contributed by atoms with van der Waals surface area (Å²) in [6.45, 7) is 5.92. The van der Waals surface area contributed by atoms with Gasteiger partial charge in [0.25, 0.3) is 15.9 Å². The average molecular weight is 360 g/mol. The molecule has 2 rings (SSSR count). The van der Waals surface area contributed by atoms with Crippen molar-refractivity contribution in [3.63, 3.8) is 0 Å². The topological polar surface area (TPSA) is 66.5 Å². The van der Waals surface area contributed by atoms with Gasteiger partial charge in [0, 0.05) is 18.2 Å². The molecule has 1 amide bonds. The summed E-state index contributed by atoms with van der Waals surface area (Å²) < 4.78 is 26.5. The van der Waals surface area contributed by atoms with Crippen LogP contribution in [0, 0.1) is 0 Å². The van der Waals surface area contributed by atoms with Crippen LogP contribution >= 0.6 is 0 Å². The van der Waals surface area contributed by atoms with Crippen molar-refractivity contribution >= 4 is 21.6 Å². The van der Waals surface area contributed by atoms with E-state index in [1.54, 1.807) is 54.6 Å². The monoisotopic (exact) mass is 360 g/mol. The zero-order valence-electron chi connectivity index (χ0n) is 15.0. The summed E-state index contributed by atoms with van der Waals surface area (Å²) in [5, 5.41) is 2.96. The molecule has 0 aliphatic heterocycles. The summed E-state index contributed by atoms with van der Waals surface area (Å²) in [5.74, 6) is -0.174. The van der Waals surface area contributed by atoms with Crippen LogP contribution in [-0.4, -0.2) is 26.9 Å². The van der Waals surface area contributed by atoms with Gasteiger partial charge in [0.15, 0.2) is 0 Å². The normalized spacial score (nSPS) is 11.8. The number of anilines is 1. The van der Waals surface area contributed by atoms with Crippen molar-refractivity contribution in [2.45, 2.75) is 37.6 Å². The minimum atomic E-state index is -3.63. The number of sulfonamides is 1. The highest BCUT2D eigenvalue weighted by molar-refractivity contribution is 7.92. The number of rotatable bonds is 6. The first kappa shape index (κ1) is 19.0. The molecule has 0 aromatic heterocycles. The van der Waals surface area contributed by atoms with Gasteiger partial charge in [-0.15, -0.1) is 0 Å². The number of carbonyl (C=O) groups is 1. The van der Waals surface area contributed by atoms with Gasteiger partial charge < -0.3 is 5.32 Å². The maximum absolute atomic E-state index is 12.6. The highest BCUT2D eigenvalue weighted by Crippen LogP contribution is 2.22. The Labute approximate surface area is 149 Å². The number of nitrogens with zero attached hydrogens (tertiary/aromatic N) is 1. The van der Waals surface area contributed by atoms with Crippen LogP contribution in [0.4, 0.5) is 5.69 Å². The lowest BCUT2D eigenvalue weighted by molar-refractivity contribution is 0.0911. The van der Waals surface area contributed by atoms with E-state index in [-0.39, 0.29) is 16.3 Å². The molecule has 25 heavy (non-hydrogen) atoms. The third kappa shape index (κ3) is 4.39. The fraction of sp³-hybridized carbons (Fsp3) is 0.316. The molecule has 0 aliphatic rings. The Morgan fingerprint density at radius 2 is 1.60 bits per heavy atom. The lowest BCUT2D eigenvalue weighted by Gasteiger charge is -2.24. The highest BCUT2D eigenvalue weighted by atomic mass is 32.2. The van der Waals surface area contributed by atoms with E-state index in [0.717, 1.165) is 6.42 Å². The molecular formula is C19H24N2O3S. The number of carbonyl (C=O) groups excluding carboxylic acids is 1. The van der Waals surface area contributed by atoms with Crippen LogP contribution in [0.1, 0.15) is 37.6 Å². The maximum Gasteiger partial charge on any atom is 0.264 e. The Morgan fingerprint density at radius 3 is 2.12 bits per heavy atom. The zero-order chi connectivity index (χ0) is 18.7. The molecule has 0 saturated heterocycles. The van der Waals surface area contributed by atoms with Gasteiger partial charge in [-0.2, -0.15) is 0 Å². The molecule has 2 aromatic rings. The van der Waals surface area contributed by atoms with Gasteiger partial charge >= 0.3 is 0 Å². The van der Waals surface area contributed by atoms with Crippen molar-refractivity contribution in [1.82, 2.24) is 5.32 Å². The fourth-order valence-electron chi connectivity index (χ4n) is 2.18. The SMILES string of the molecule is CCC(C)(C)NC(=O)c1ccc(N(C)S(=O)(=O)c2ccccc2)cc1. The molecule has 1 N–H and O–H groups in total. The molecule has 0 radical (unpaired) electrons. The minimum Gasteiger partial charge on any atom is -0.347 e. The molecule has 0 aliphatic carbocycles. The van der Waals surface area contributed by atoms with E-state index in [2.05, 4.69) is 5.32 Å². The van der Waals surface area contributed by atoms with Crippen molar-refractivity contribution < 1.29 is 13.2 Å². The molecule has 0 heterocycles. The number of amides is 1. The summed E-state index contributed by atoms with van der Waals surface area (Å²) in [4.78, 5) is 12.5. The number of nitrogens with one attached hydrogen (secondary N) is 1. The molecule has 5 nitrogen and oxygen atoms in total. The van der Waals surface area contributed by atoms with Crippen LogP contribution in [0.5, 0.6) is 0 Å². The zero-order valence-corrected chi connectivity index (χ0v) is 15.8. The quantitative estimate of drug-likeness (QED) is 0.858. The van der Waals surface area contributed by atoms with Crippen molar-refractivity contribution in [3.05, 3.63) is 60.2 Å². The van der Waals surface area contributed by atoms with E-state index < -0.39 is 10.0 Å². The molecule has 2 aromatic carbocycles. The second kappa shape index (κ2) is 7.27. The van der Waals surface area contributed by atoms with Crippen LogP contribution in [0.2, 0.25) is 0 Å². The number of benzene rings is 2. The van der Waals surface area contributed by atoms with Crippen molar-refractivity contribution in [2.24, 2.45) is 0 Å². The summed E-state index contributed by atoms with van der Waals surface area (Å²) in [6.07, 6.45) is 0.814. The highest BCUT2D eigenvalue weighted by Gasteiger charge is 2.22. The largest absolute Gasteiger partial charge is 0.347 e. The molecule has 0 atom stereocenters. The lowest BCUT2D eigenvalue weighted by atomic mass is 10.0. The summed E-state index contributed by atoms with van der Waals surface area (Å²) in [6, 6.07) is 14.8. The van der Waals surface area contributed by atoms with Crippen LogP contribution in [0.25, 0.3) is 0 Å². The van der Waals surface area contributed by atoms with E-state index in [9.17, 15) is 13.2 Å². The summed E-state index contributed by atoms with van der Waals surface area (Å²) in [7, 11) is -2.13. The first-order valence-electron chi connectivity index (χ1n) is 8.14. The Kier molecular flexibility index (Phi) is 5.52. The Hall–Kier alpha value is -2.34. The molecule has 0 bridgehead atoms. The maximum atomic E-state index is 12.6. The van der Waals surface area contributed by atoms with Gasteiger partial charge in [-0.3, -0.25) is 9.10 Å². The molecule has 134 valence electrons. The van der Waals surface area contributed by atoms with E-state index in [4.69, 9.17) is 0 Å². The van der Waals surface area contributed by atoms with Crippen LogP contribution < -0.4 is 9.62 Å². The lowest BCUT2D eigenvalue weighted by Crippen LogP contribution is -2.42. The molecule has 0 fully saturated rings. The van der Waals surface area contributed by atoms with E-state index in [1.807, 2.05) is 20.8 Å². The Bertz CT molecular complexity index is 829. The summed E-state index contributed by atoms with van der Waals surface area (Å²) in [5.41, 5.74) is 0.703. The Morgan fingerprint density at radius 1 is 1.04 bits per heavy atom. The molecule has 0 spiro atoms. The third-order valence-electron chi connectivity index (χ3n) is 4.23. The molecule has 0 unspecified atom stereocenters. The fourth-order valence-corrected chi connectivity index (χ4v) is 3.40. The summed E-state index contributed by atoms with van der Waals surface area (Å²) >= 11 is 0. The molecular weight excluding hydrogens is 336 g/mol. The van der Waals surface area contributed by atoms with Gasteiger partial charge in [0.1, 0.15) is 0 Å². The second-order valence-electron chi connectivity index (χ2n) is 6.52. The van der Waals surface area contributed by atoms with E-state index in [1.165, 1.54) is 11.4 Å². The molecule has 6 heteroatoms.